The van der Waals surface area contributed by atoms with Gasteiger partial charge in [0.1, 0.15) is 5.82 Å². The number of aromatic nitrogens is 1. The Hall–Kier alpha value is -1.84. The van der Waals surface area contributed by atoms with E-state index in [9.17, 15) is 14.3 Å². The normalized spacial score (nSPS) is 17.9. The summed E-state index contributed by atoms with van der Waals surface area (Å²) in [5.41, 5.74) is 2.86. The van der Waals surface area contributed by atoms with E-state index in [2.05, 4.69) is 4.57 Å². The van der Waals surface area contributed by atoms with Crippen molar-refractivity contribution < 1.29 is 14.3 Å². The Morgan fingerprint density at radius 1 is 1.45 bits per heavy atom. The van der Waals surface area contributed by atoms with Gasteiger partial charge >= 0.3 is 0 Å². The maximum Gasteiger partial charge on any atom is 0.125 e. The number of carboxylic acid groups (broad SMARTS) is 1. The summed E-state index contributed by atoms with van der Waals surface area (Å²) in [7, 11) is 0. The third-order valence-corrected chi connectivity index (χ3v) is 4.20. The van der Waals surface area contributed by atoms with E-state index in [4.69, 9.17) is 0 Å². The number of benzene rings is 1. The van der Waals surface area contributed by atoms with Gasteiger partial charge in [-0.25, -0.2) is 4.39 Å². The molecule has 1 aromatic carbocycles. The molecule has 2 aromatic rings. The molecule has 1 aliphatic heterocycles. The Labute approximate surface area is 117 Å². The third kappa shape index (κ3) is 1.99. The van der Waals surface area contributed by atoms with Crippen molar-refractivity contribution in [2.45, 2.75) is 45.1 Å². The molecule has 3 nitrogen and oxygen atoms in total. The van der Waals surface area contributed by atoms with E-state index in [1.54, 1.807) is 12.1 Å². The number of carboxylic acids is 1. The van der Waals surface area contributed by atoms with Crippen molar-refractivity contribution in [2.75, 3.05) is 0 Å². The van der Waals surface area contributed by atoms with Crippen LogP contribution in [-0.4, -0.2) is 10.5 Å². The molecule has 106 valence electrons. The number of carbonyl (C=O) groups is 1. The van der Waals surface area contributed by atoms with Crippen LogP contribution in [0.15, 0.2) is 18.2 Å². The fourth-order valence-electron chi connectivity index (χ4n) is 3.28. The van der Waals surface area contributed by atoms with Gasteiger partial charge in [-0.05, 0) is 42.5 Å². The molecule has 4 heteroatoms. The minimum atomic E-state index is -1.02. The van der Waals surface area contributed by atoms with Gasteiger partial charge in [-0.15, -0.1) is 0 Å². The number of aliphatic carboxylic acids is 1. The number of nitrogens with zero attached hydrogens (tertiary/aromatic N) is 1. The van der Waals surface area contributed by atoms with E-state index >= 15 is 0 Å². The van der Waals surface area contributed by atoms with Gasteiger partial charge in [-0.3, -0.25) is 0 Å². The third-order valence-electron chi connectivity index (χ3n) is 4.20. The van der Waals surface area contributed by atoms with Crippen LogP contribution in [0.4, 0.5) is 4.39 Å². The number of halogens is 1. The van der Waals surface area contributed by atoms with Crippen molar-refractivity contribution in [3.8, 4) is 0 Å². The molecule has 0 saturated heterocycles. The molecule has 3 rings (SSSR count). The average Bonchev–Trinajstić information content (AvgIpc) is 2.88. The first-order chi connectivity index (χ1) is 9.47. The molecule has 1 aliphatic rings. The fourth-order valence-corrected chi connectivity index (χ4v) is 3.28. The summed E-state index contributed by atoms with van der Waals surface area (Å²) in [5, 5.41) is 11.9. The minimum absolute atomic E-state index is 0.0181. The fraction of sp³-hybridized carbons (Fsp3) is 0.438. The lowest BCUT2D eigenvalue weighted by Gasteiger charge is -2.09. The molecule has 0 bridgehead atoms. The van der Waals surface area contributed by atoms with Gasteiger partial charge in [0, 0.05) is 29.5 Å². The van der Waals surface area contributed by atoms with E-state index < -0.39 is 5.97 Å². The molecule has 1 unspecified atom stereocenters. The lowest BCUT2D eigenvalue weighted by atomic mass is 9.96. The van der Waals surface area contributed by atoms with Crippen molar-refractivity contribution >= 4 is 16.9 Å². The quantitative estimate of drug-likeness (QED) is 0.863. The van der Waals surface area contributed by atoms with Crippen LogP contribution in [0.25, 0.3) is 10.9 Å². The van der Waals surface area contributed by atoms with Crippen molar-refractivity contribution in [3.63, 3.8) is 0 Å². The largest absolute Gasteiger partial charge is 0.550 e. The standard InChI is InChI=1S/C16H18FNO2/c1-9(2)12-6-11(17)7-15-13(12)8-14-10(5-16(19)20)3-4-18(14)15/h6-10H,3-5H2,1-2H3,(H,19,20)/p-1. The predicted octanol–water partition coefficient (Wildman–Crippen LogP) is 2.53. The average molecular weight is 274 g/mol. The summed E-state index contributed by atoms with van der Waals surface area (Å²) >= 11 is 0. The highest BCUT2D eigenvalue weighted by molar-refractivity contribution is 5.86. The lowest BCUT2D eigenvalue weighted by Crippen LogP contribution is -2.23. The second-order valence-electron chi connectivity index (χ2n) is 5.87. The minimum Gasteiger partial charge on any atom is -0.550 e. The maximum absolute atomic E-state index is 13.8. The van der Waals surface area contributed by atoms with Gasteiger partial charge in [0.25, 0.3) is 0 Å². The number of carbonyl (C=O) groups excluding carboxylic acids is 1. The van der Waals surface area contributed by atoms with E-state index in [0.29, 0.717) is 0 Å². The first-order valence-corrected chi connectivity index (χ1v) is 6.99. The molecular weight excluding hydrogens is 257 g/mol. The molecule has 1 atom stereocenters. The SMILES string of the molecule is CC(C)c1cc(F)cc2c1cc1n2CCC1CC(=O)[O-]. The van der Waals surface area contributed by atoms with Crippen molar-refractivity contribution in [2.24, 2.45) is 0 Å². The maximum atomic E-state index is 13.8. The van der Waals surface area contributed by atoms with Crippen molar-refractivity contribution in [1.82, 2.24) is 4.57 Å². The number of aryl methyl sites for hydroxylation is 1. The molecule has 2 heterocycles. The van der Waals surface area contributed by atoms with Crippen LogP contribution in [0, 0.1) is 5.82 Å². The van der Waals surface area contributed by atoms with Crippen molar-refractivity contribution in [3.05, 3.63) is 35.3 Å². The first-order valence-electron chi connectivity index (χ1n) is 6.99. The second-order valence-corrected chi connectivity index (χ2v) is 5.87. The van der Waals surface area contributed by atoms with Gasteiger partial charge in [-0.1, -0.05) is 13.8 Å². The first kappa shape index (κ1) is 13.2. The van der Waals surface area contributed by atoms with E-state index in [1.165, 1.54) is 0 Å². The van der Waals surface area contributed by atoms with Crippen LogP contribution >= 0.6 is 0 Å². The van der Waals surface area contributed by atoms with Crippen LogP contribution in [0.2, 0.25) is 0 Å². The number of rotatable bonds is 3. The van der Waals surface area contributed by atoms with Crippen LogP contribution in [0.1, 0.15) is 49.8 Å². The molecule has 20 heavy (non-hydrogen) atoms. The summed E-state index contributed by atoms with van der Waals surface area (Å²) in [4.78, 5) is 10.8. The van der Waals surface area contributed by atoms with Gasteiger partial charge in [-0.2, -0.15) is 0 Å². The summed E-state index contributed by atoms with van der Waals surface area (Å²) in [6.45, 7) is 4.82. The van der Waals surface area contributed by atoms with Crippen LogP contribution in [-0.2, 0) is 11.3 Å². The highest BCUT2D eigenvalue weighted by Gasteiger charge is 2.26. The highest BCUT2D eigenvalue weighted by Crippen LogP contribution is 2.38. The Morgan fingerprint density at radius 2 is 2.20 bits per heavy atom. The zero-order chi connectivity index (χ0) is 14.4. The van der Waals surface area contributed by atoms with E-state index in [-0.39, 0.29) is 24.1 Å². The molecule has 0 amide bonds. The molecule has 1 aromatic heterocycles. The van der Waals surface area contributed by atoms with E-state index in [0.717, 1.165) is 35.1 Å². The highest BCUT2D eigenvalue weighted by atomic mass is 19.1. The number of hydrogen-bond acceptors (Lipinski definition) is 2. The second kappa shape index (κ2) is 4.62. The van der Waals surface area contributed by atoms with Crippen molar-refractivity contribution in [1.29, 1.82) is 0 Å². The van der Waals surface area contributed by atoms with Gasteiger partial charge < -0.3 is 14.5 Å². The molecule has 0 radical (unpaired) electrons. The molecule has 0 saturated carbocycles. The summed E-state index contributed by atoms with van der Waals surface area (Å²) in [5.74, 6) is -1.04. The Morgan fingerprint density at radius 3 is 2.85 bits per heavy atom. The summed E-state index contributed by atoms with van der Waals surface area (Å²) in [6.07, 6.45) is 0.822. The zero-order valence-corrected chi connectivity index (χ0v) is 11.6. The zero-order valence-electron chi connectivity index (χ0n) is 11.6. The molecule has 0 N–H and O–H groups in total. The predicted molar refractivity (Wildman–Crippen MR) is 73.0 cm³/mol. The van der Waals surface area contributed by atoms with Crippen LogP contribution in [0.5, 0.6) is 0 Å². The lowest BCUT2D eigenvalue weighted by molar-refractivity contribution is -0.306. The van der Waals surface area contributed by atoms with Gasteiger partial charge in [0.2, 0.25) is 0 Å². The van der Waals surface area contributed by atoms with Crippen LogP contribution < -0.4 is 5.11 Å². The number of hydrogen-bond donors (Lipinski definition) is 0. The Bertz CT molecular complexity index is 687. The topological polar surface area (TPSA) is 45.1 Å². The summed E-state index contributed by atoms with van der Waals surface area (Å²) < 4.78 is 15.8. The monoisotopic (exact) mass is 274 g/mol. The molecular formula is C16H17FNO2-. The van der Waals surface area contributed by atoms with Gasteiger partial charge in [0.15, 0.2) is 0 Å². The molecule has 0 spiro atoms. The summed E-state index contributed by atoms with van der Waals surface area (Å²) in [6, 6.07) is 5.16. The smallest absolute Gasteiger partial charge is 0.125 e. The molecule has 0 fully saturated rings. The van der Waals surface area contributed by atoms with Gasteiger partial charge in [0.05, 0.1) is 5.52 Å². The Balaban J connectivity index is 2.17. The van der Waals surface area contributed by atoms with E-state index in [1.807, 2.05) is 19.9 Å². The Kier molecular flexibility index (Phi) is 3.04. The number of fused-ring (bicyclic) bond motifs is 3. The van der Waals surface area contributed by atoms with Crippen LogP contribution in [0.3, 0.4) is 0 Å². The molecule has 0 aliphatic carbocycles.